The SMILES string of the molecule is CCCCCC(CC)C(CC(=O)OCC)C(=O)OCC. The molecule has 0 aromatic heterocycles. The Morgan fingerprint density at radius 3 is 2.10 bits per heavy atom. The number of hydrogen-bond acceptors (Lipinski definition) is 4. The molecule has 2 atom stereocenters. The Balaban J connectivity index is 4.68. The number of carbonyl (C=O) groups excluding carboxylic acids is 2. The number of rotatable bonds is 11. The van der Waals surface area contributed by atoms with Crippen molar-refractivity contribution in [2.75, 3.05) is 13.2 Å². The zero-order chi connectivity index (χ0) is 15.4. The predicted molar refractivity (Wildman–Crippen MR) is 79.3 cm³/mol. The van der Waals surface area contributed by atoms with Crippen LogP contribution in [-0.2, 0) is 19.1 Å². The molecule has 0 heterocycles. The average Bonchev–Trinajstić information content (AvgIpc) is 2.42. The normalized spacial score (nSPS) is 13.6. The van der Waals surface area contributed by atoms with Gasteiger partial charge in [-0.25, -0.2) is 0 Å². The van der Waals surface area contributed by atoms with Crippen molar-refractivity contribution in [3.8, 4) is 0 Å². The number of hydrogen-bond donors (Lipinski definition) is 0. The van der Waals surface area contributed by atoms with Gasteiger partial charge in [-0.3, -0.25) is 9.59 Å². The van der Waals surface area contributed by atoms with E-state index in [4.69, 9.17) is 9.47 Å². The van der Waals surface area contributed by atoms with E-state index in [1.165, 1.54) is 0 Å². The van der Waals surface area contributed by atoms with E-state index in [9.17, 15) is 9.59 Å². The summed E-state index contributed by atoms with van der Waals surface area (Å²) in [6, 6.07) is 0. The predicted octanol–water partition coefficient (Wildman–Crippen LogP) is 3.73. The molecule has 4 nitrogen and oxygen atoms in total. The minimum absolute atomic E-state index is 0.136. The molecule has 0 aromatic rings. The van der Waals surface area contributed by atoms with Gasteiger partial charge in [0, 0.05) is 0 Å². The van der Waals surface area contributed by atoms with Gasteiger partial charge < -0.3 is 9.47 Å². The molecule has 0 rings (SSSR count). The summed E-state index contributed by atoms with van der Waals surface area (Å²) in [7, 11) is 0. The summed E-state index contributed by atoms with van der Waals surface area (Å²) < 4.78 is 10.1. The Labute approximate surface area is 123 Å². The van der Waals surface area contributed by atoms with Gasteiger partial charge in [0.1, 0.15) is 0 Å². The van der Waals surface area contributed by atoms with Crippen LogP contribution < -0.4 is 0 Å². The van der Waals surface area contributed by atoms with Crippen LogP contribution in [-0.4, -0.2) is 25.2 Å². The van der Waals surface area contributed by atoms with E-state index in [-0.39, 0.29) is 30.2 Å². The summed E-state index contributed by atoms with van der Waals surface area (Å²) >= 11 is 0. The lowest BCUT2D eigenvalue weighted by atomic mass is 9.83. The molecule has 0 radical (unpaired) electrons. The van der Waals surface area contributed by atoms with Gasteiger partial charge in [0.15, 0.2) is 0 Å². The van der Waals surface area contributed by atoms with Crippen molar-refractivity contribution in [2.45, 2.75) is 66.2 Å². The molecule has 0 spiro atoms. The molecule has 0 amide bonds. The van der Waals surface area contributed by atoms with Crippen molar-refractivity contribution in [3.63, 3.8) is 0 Å². The molecule has 0 saturated carbocycles. The van der Waals surface area contributed by atoms with Gasteiger partial charge in [-0.15, -0.1) is 0 Å². The zero-order valence-corrected chi connectivity index (χ0v) is 13.4. The third-order valence-corrected chi connectivity index (χ3v) is 3.55. The van der Waals surface area contributed by atoms with Crippen molar-refractivity contribution in [3.05, 3.63) is 0 Å². The molecule has 0 saturated heterocycles. The summed E-state index contributed by atoms with van der Waals surface area (Å²) in [4.78, 5) is 23.8. The molecule has 2 unspecified atom stereocenters. The van der Waals surface area contributed by atoms with E-state index >= 15 is 0 Å². The molecule has 0 aliphatic heterocycles. The van der Waals surface area contributed by atoms with Crippen LogP contribution in [0.15, 0.2) is 0 Å². The second-order valence-corrected chi connectivity index (χ2v) is 5.03. The standard InChI is InChI=1S/C16H30O4/c1-5-9-10-11-13(6-2)14(16(18)20-8-4)12-15(17)19-7-3/h13-14H,5-12H2,1-4H3. The molecule has 118 valence electrons. The van der Waals surface area contributed by atoms with Crippen molar-refractivity contribution >= 4 is 11.9 Å². The molecule has 0 N–H and O–H groups in total. The minimum atomic E-state index is -0.365. The van der Waals surface area contributed by atoms with Crippen LogP contribution in [0.25, 0.3) is 0 Å². The molecule has 4 heteroatoms. The first-order valence-corrected chi connectivity index (χ1v) is 7.92. The van der Waals surface area contributed by atoms with Crippen LogP contribution in [0, 0.1) is 11.8 Å². The molecule has 20 heavy (non-hydrogen) atoms. The molecular formula is C16H30O4. The van der Waals surface area contributed by atoms with Crippen LogP contribution >= 0.6 is 0 Å². The summed E-state index contributed by atoms with van der Waals surface area (Å²) in [5, 5.41) is 0. The minimum Gasteiger partial charge on any atom is -0.466 e. The van der Waals surface area contributed by atoms with Crippen LogP contribution in [0.3, 0.4) is 0 Å². The Bertz CT molecular complexity index is 276. The van der Waals surface area contributed by atoms with Gasteiger partial charge in [-0.2, -0.15) is 0 Å². The summed E-state index contributed by atoms with van der Waals surface area (Å²) in [6.07, 6.45) is 5.38. The van der Waals surface area contributed by atoms with Gasteiger partial charge in [0.2, 0.25) is 0 Å². The molecule has 0 aliphatic rings. The first kappa shape index (κ1) is 18.9. The average molecular weight is 286 g/mol. The highest BCUT2D eigenvalue weighted by Gasteiger charge is 2.30. The van der Waals surface area contributed by atoms with Crippen molar-refractivity contribution in [2.24, 2.45) is 11.8 Å². The fraction of sp³-hybridized carbons (Fsp3) is 0.875. The molecule has 0 bridgehead atoms. The van der Waals surface area contributed by atoms with Crippen LogP contribution in [0.1, 0.15) is 66.2 Å². The topological polar surface area (TPSA) is 52.6 Å². The van der Waals surface area contributed by atoms with E-state index in [2.05, 4.69) is 13.8 Å². The monoisotopic (exact) mass is 286 g/mol. The van der Waals surface area contributed by atoms with Crippen LogP contribution in [0.5, 0.6) is 0 Å². The maximum atomic E-state index is 12.1. The van der Waals surface area contributed by atoms with E-state index in [0.717, 1.165) is 32.1 Å². The Morgan fingerprint density at radius 2 is 1.60 bits per heavy atom. The third kappa shape index (κ3) is 7.51. The highest BCUT2D eigenvalue weighted by molar-refractivity contribution is 5.80. The number of esters is 2. The number of unbranched alkanes of at least 4 members (excludes halogenated alkanes) is 2. The van der Waals surface area contributed by atoms with Gasteiger partial charge in [0.05, 0.1) is 25.6 Å². The fourth-order valence-electron chi connectivity index (χ4n) is 2.44. The second-order valence-electron chi connectivity index (χ2n) is 5.03. The fourth-order valence-corrected chi connectivity index (χ4v) is 2.44. The first-order chi connectivity index (χ1) is 9.60. The number of ether oxygens (including phenoxy) is 2. The van der Waals surface area contributed by atoms with E-state index < -0.39 is 0 Å². The molecule has 0 aliphatic carbocycles. The zero-order valence-electron chi connectivity index (χ0n) is 13.4. The van der Waals surface area contributed by atoms with Crippen LogP contribution in [0.2, 0.25) is 0 Å². The smallest absolute Gasteiger partial charge is 0.309 e. The van der Waals surface area contributed by atoms with Crippen molar-refractivity contribution < 1.29 is 19.1 Å². The second kappa shape index (κ2) is 11.7. The Hall–Kier alpha value is -1.06. The lowest BCUT2D eigenvalue weighted by Crippen LogP contribution is -2.29. The maximum Gasteiger partial charge on any atom is 0.309 e. The van der Waals surface area contributed by atoms with E-state index in [0.29, 0.717) is 13.2 Å². The summed E-state index contributed by atoms with van der Waals surface area (Å²) in [5.41, 5.74) is 0. The van der Waals surface area contributed by atoms with Gasteiger partial charge in [-0.1, -0.05) is 39.5 Å². The quantitative estimate of drug-likeness (QED) is 0.429. The number of carbonyl (C=O) groups is 2. The van der Waals surface area contributed by atoms with Gasteiger partial charge >= 0.3 is 11.9 Å². The van der Waals surface area contributed by atoms with Gasteiger partial charge in [-0.05, 0) is 26.2 Å². The maximum absolute atomic E-state index is 12.1. The van der Waals surface area contributed by atoms with Crippen molar-refractivity contribution in [1.29, 1.82) is 0 Å². The highest BCUT2D eigenvalue weighted by atomic mass is 16.5. The van der Waals surface area contributed by atoms with E-state index in [1.54, 1.807) is 13.8 Å². The van der Waals surface area contributed by atoms with Gasteiger partial charge in [0.25, 0.3) is 0 Å². The lowest BCUT2D eigenvalue weighted by molar-refractivity contribution is -0.157. The Kier molecular flexibility index (Phi) is 11.1. The molecule has 0 fully saturated rings. The van der Waals surface area contributed by atoms with Crippen LogP contribution in [0.4, 0.5) is 0 Å². The van der Waals surface area contributed by atoms with Crippen molar-refractivity contribution in [1.82, 2.24) is 0 Å². The first-order valence-electron chi connectivity index (χ1n) is 7.92. The van der Waals surface area contributed by atoms with E-state index in [1.807, 2.05) is 0 Å². The third-order valence-electron chi connectivity index (χ3n) is 3.55. The Morgan fingerprint density at radius 1 is 0.950 bits per heavy atom. The summed E-state index contributed by atoms with van der Waals surface area (Å²) in [5.74, 6) is -0.732. The highest BCUT2D eigenvalue weighted by Crippen LogP contribution is 2.27. The largest absolute Gasteiger partial charge is 0.466 e. The molecular weight excluding hydrogens is 256 g/mol. The molecule has 0 aromatic carbocycles. The summed E-state index contributed by atoms with van der Waals surface area (Å²) in [6.45, 7) is 8.48. The lowest BCUT2D eigenvalue weighted by Gasteiger charge is -2.24.